The van der Waals surface area contributed by atoms with Gasteiger partial charge >= 0.3 is 0 Å². The van der Waals surface area contributed by atoms with Crippen molar-refractivity contribution in [1.82, 2.24) is 4.98 Å². The van der Waals surface area contributed by atoms with Crippen LogP contribution in [0, 0.1) is 5.95 Å². The van der Waals surface area contributed by atoms with Crippen LogP contribution in [0.25, 0.3) is 11.1 Å². The molecule has 0 fully saturated rings. The van der Waals surface area contributed by atoms with Crippen LogP contribution < -0.4 is 10.5 Å². The average molecular weight is 301 g/mol. The van der Waals surface area contributed by atoms with Crippen LogP contribution in [0.1, 0.15) is 6.42 Å². The summed E-state index contributed by atoms with van der Waals surface area (Å²) in [5, 5.41) is 3.90. The van der Waals surface area contributed by atoms with E-state index in [1.54, 1.807) is 6.07 Å². The van der Waals surface area contributed by atoms with Gasteiger partial charge in [-0.1, -0.05) is 23.4 Å². The lowest BCUT2D eigenvalue weighted by Gasteiger charge is -2.14. The third-order valence-corrected chi connectivity index (χ3v) is 3.38. The highest BCUT2D eigenvalue weighted by Crippen LogP contribution is 2.29. The first-order valence-electron chi connectivity index (χ1n) is 7.01. The van der Waals surface area contributed by atoms with Gasteiger partial charge in [-0.15, -0.1) is 0 Å². The van der Waals surface area contributed by atoms with E-state index in [1.807, 2.05) is 24.3 Å². The zero-order valence-corrected chi connectivity index (χ0v) is 11.9. The first-order chi connectivity index (χ1) is 10.8. The number of nitrogens with zero attached hydrogens (tertiary/aromatic N) is 2. The predicted molar refractivity (Wildman–Crippen MR) is 81.1 cm³/mol. The number of benzene rings is 1. The van der Waals surface area contributed by atoms with Crippen LogP contribution in [0.15, 0.2) is 47.8 Å². The lowest BCUT2D eigenvalue weighted by molar-refractivity contribution is 0.0472. The second-order valence-electron chi connectivity index (χ2n) is 4.97. The highest BCUT2D eigenvalue weighted by atomic mass is 19.1. The van der Waals surface area contributed by atoms with Crippen LogP contribution in [0.2, 0.25) is 0 Å². The van der Waals surface area contributed by atoms with Crippen molar-refractivity contribution in [3.63, 3.8) is 0 Å². The molecule has 0 aliphatic carbocycles. The zero-order chi connectivity index (χ0) is 15.4. The van der Waals surface area contributed by atoms with Crippen LogP contribution >= 0.6 is 0 Å². The number of hydrogen-bond donors (Lipinski definition) is 1. The molecule has 1 unspecified atom stereocenters. The van der Waals surface area contributed by atoms with E-state index in [4.69, 9.17) is 15.3 Å². The quantitative estimate of drug-likeness (QED) is 0.861. The normalized spacial score (nSPS) is 17.0. The van der Waals surface area contributed by atoms with E-state index < -0.39 is 5.95 Å². The number of oxime groups is 1. The standard InChI is InChI=1S/C16H16FN3O2/c17-16-6-5-11(9-19-16)14-3-1-2-4-15(14)21-10-13-7-12(8-18)20-22-13/h1-6,9,13H,7-8,10,18H2. The van der Waals surface area contributed by atoms with E-state index >= 15 is 0 Å². The number of pyridine rings is 1. The number of para-hydroxylation sites is 1. The molecular formula is C16H16FN3O2. The van der Waals surface area contributed by atoms with Crippen molar-refractivity contribution in [2.75, 3.05) is 13.2 Å². The number of nitrogens with two attached hydrogens (primary N) is 1. The molecule has 1 aliphatic rings. The van der Waals surface area contributed by atoms with Gasteiger partial charge < -0.3 is 15.3 Å². The highest BCUT2D eigenvalue weighted by molar-refractivity contribution is 5.87. The molecule has 0 spiro atoms. The van der Waals surface area contributed by atoms with E-state index in [2.05, 4.69) is 10.1 Å². The SMILES string of the molecule is NCC1=NOC(COc2ccccc2-c2ccc(F)nc2)C1. The predicted octanol–water partition coefficient (Wildman–Crippen LogP) is 2.37. The Labute approximate surface area is 127 Å². The third kappa shape index (κ3) is 3.23. The second-order valence-corrected chi connectivity index (χ2v) is 4.97. The Balaban J connectivity index is 1.71. The Hall–Kier alpha value is -2.47. The summed E-state index contributed by atoms with van der Waals surface area (Å²) in [5.74, 6) is 0.189. The summed E-state index contributed by atoms with van der Waals surface area (Å²) in [5.41, 5.74) is 8.01. The van der Waals surface area contributed by atoms with Crippen LogP contribution in [-0.2, 0) is 4.84 Å². The molecule has 2 aromatic rings. The molecule has 5 nitrogen and oxygen atoms in total. The van der Waals surface area contributed by atoms with Gasteiger partial charge in [0.15, 0.2) is 6.10 Å². The Kier molecular flexibility index (Phi) is 4.29. The number of halogens is 1. The molecule has 0 amide bonds. The van der Waals surface area contributed by atoms with Gasteiger partial charge in [0, 0.05) is 30.3 Å². The molecule has 1 atom stereocenters. The largest absolute Gasteiger partial charge is 0.489 e. The van der Waals surface area contributed by atoms with E-state index in [9.17, 15) is 4.39 Å². The third-order valence-electron chi connectivity index (χ3n) is 3.38. The smallest absolute Gasteiger partial charge is 0.212 e. The van der Waals surface area contributed by atoms with Crippen molar-refractivity contribution in [2.45, 2.75) is 12.5 Å². The molecule has 2 N–H and O–H groups in total. The number of ether oxygens (including phenoxy) is 1. The van der Waals surface area contributed by atoms with Crippen molar-refractivity contribution < 1.29 is 14.0 Å². The van der Waals surface area contributed by atoms with Crippen LogP contribution in [0.5, 0.6) is 5.75 Å². The molecule has 6 heteroatoms. The Bertz CT molecular complexity index is 673. The number of aromatic nitrogens is 1. The minimum atomic E-state index is -0.507. The Morgan fingerprint density at radius 1 is 1.27 bits per heavy atom. The zero-order valence-electron chi connectivity index (χ0n) is 11.9. The molecule has 2 heterocycles. The minimum absolute atomic E-state index is 0.127. The summed E-state index contributed by atoms with van der Waals surface area (Å²) in [6, 6.07) is 10.5. The summed E-state index contributed by atoms with van der Waals surface area (Å²) in [7, 11) is 0. The van der Waals surface area contributed by atoms with Gasteiger partial charge in [-0.05, 0) is 18.2 Å². The van der Waals surface area contributed by atoms with Gasteiger partial charge in [-0.2, -0.15) is 4.39 Å². The van der Waals surface area contributed by atoms with E-state index in [-0.39, 0.29) is 6.10 Å². The van der Waals surface area contributed by atoms with Gasteiger partial charge in [0.25, 0.3) is 0 Å². The maximum atomic E-state index is 12.9. The lowest BCUT2D eigenvalue weighted by Crippen LogP contribution is -2.20. The summed E-state index contributed by atoms with van der Waals surface area (Å²) < 4.78 is 18.8. The second kappa shape index (κ2) is 6.53. The molecule has 114 valence electrons. The molecular weight excluding hydrogens is 285 g/mol. The Morgan fingerprint density at radius 3 is 2.86 bits per heavy atom. The first kappa shape index (κ1) is 14.5. The monoisotopic (exact) mass is 301 g/mol. The summed E-state index contributed by atoms with van der Waals surface area (Å²) in [6.07, 6.45) is 2.04. The lowest BCUT2D eigenvalue weighted by atomic mass is 10.1. The van der Waals surface area contributed by atoms with Gasteiger partial charge in [0.1, 0.15) is 12.4 Å². The van der Waals surface area contributed by atoms with Crippen molar-refractivity contribution in [3.8, 4) is 16.9 Å². The number of hydrogen-bond acceptors (Lipinski definition) is 5. The van der Waals surface area contributed by atoms with Gasteiger partial charge in [0.05, 0.1) is 5.71 Å². The van der Waals surface area contributed by atoms with Crippen molar-refractivity contribution in [3.05, 3.63) is 48.5 Å². The summed E-state index contributed by atoms with van der Waals surface area (Å²) in [6.45, 7) is 0.771. The molecule has 0 radical (unpaired) electrons. The van der Waals surface area contributed by atoms with Crippen molar-refractivity contribution >= 4 is 5.71 Å². The number of rotatable bonds is 5. The molecule has 1 aromatic carbocycles. The van der Waals surface area contributed by atoms with Crippen molar-refractivity contribution in [2.24, 2.45) is 10.9 Å². The van der Waals surface area contributed by atoms with Gasteiger partial charge in [-0.3, -0.25) is 0 Å². The molecule has 22 heavy (non-hydrogen) atoms. The molecule has 0 saturated carbocycles. The van der Waals surface area contributed by atoms with Crippen LogP contribution in [-0.4, -0.2) is 30.0 Å². The van der Waals surface area contributed by atoms with E-state index in [0.717, 1.165) is 16.8 Å². The average Bonchev–Trinajstić information content (AvgIpc) is 3.02. The highest BCUT2D eigenvalue weighted by Gasteiger charge is 2.21. The van der Waals surface area contributed by atoms with Crippen LogP contribution in [0.4, 0.5) is 4.39 Å². The fourth-order valence-corrected chi connectivity index (χ4v) is 2.25. The van der Waals surface area contributed by atoms with Gasteiger partial charge in [0.2, 0.25) is 5.95 Å². The fourth-order valence-electron chi connectivity index (χ4n) is 2.25. The molecule has 3 rings (SSSR count). The molecule has 1 aliphatic heterocycles. The molecule has 0 bridgehead atoms. The minimum Gasteiger partial charge on any atom is -0.489 e. The Morgan fingerprint density at radius 2 is 2.14 bits per heavy atom. The van der Waals surface area contributed by atoms with Crippen LogP contribution in [0.3, 0.4) is 0 Å². The first-order valence-corrected chi connectivity index (χ1v) is 7.01. The maximum absolute atomic E-state index is 12.9. The maximum Gasteiger partial charge on any atom is 0.212 e. The fraction of sp³-hybridized carbons (Fsp3) is 0.250. The topological polar surface area (TPSA) is 69.7 Å². The summed E-state index contributed by atoms with van der Waals surface area (Å²) in [4.78, 5) is 8.94. The molecule has 1 aromatic heterocycles. The van der Waals surface area contributed by atoms with Crippen molar-refractivity contribution in [1.29, 1.82) is 0 Å². The van der Waals surface area contributed by atoms with Gasteiger partial charge in [-0.25, -0.2) is 4.98 Å². The van der Waals surface area contributed by atoms with E-state index in [0.29, 0.717) is 25.3 Å². The van der Waals surface area contributed by atoms with E-state index in [1.165, 1.54) is 12.3 Å². The molecule has 0 saturated heterocycles. The summed E-state index contributed by atoms with van der Waals surface area (Å²) >= 11 is 0.